The van der Waals surface area contributed by atoms with Crippen LogP contribution in [0.3, 0.4) is 0 Å². The Bertz CT molecular complexity index is 162. The molecule has 82 valence electrons. The van der Waals surface area contributed by atoms with Gasteiger partial charge in [0.25, 0.3) is 0 Å². The highest BCUT2D eigenvalue weighted by atomic mass is 32.2. The molecule has 0 aromatic heterocycles. The molecule has 0 aromatic carbocycles. The molecule has 2 atom stereocenters. The van der Waals surface area contributed by atoms with E-state index in [-0.39, 0.29) is 0 Å². The second-order valence-corrected chi connectivity index (χ2v) is 5.96. The lowest BCUT2D eigenvalue weighted by Gasteiger charge is -2.23. The van der Waals surface area contributed by atoms with Crippen LogP contribution < -0.4 is 5.32 Å². The lowest BCUT2D eigenvalue weighted by Crippen LogP contribution is -2.36. The number of hydrogen-bond acceptors (Lipinski definition) is 2. The minimum absolute atomic E-state index is 0.829. The molecule has 1 saturated heterocycles. The van der Waals surface area contributed by atoms with Crippen LogP contribution in [-0.2, 0) is 0 Å². The van der Waals surface area contributed by atoms with Crippen molar-refractivity contribution < 1.29 is 0 Å². The summed E-state index contributed by atoms with van der Waals surface area (Å²) < 4.78 is 0. The molecule has 0 bridgehead atoms. The van der Waals surface area contributed by atoms with Gasteiger partial charge in [-0.25, -0.2) is 0 Å². The Labute approximate surface area is 92.4 Å². The van der Waals surface area contributed by atoms with E-state index in [9.17, 15) is 0 Å². The lowest BCUT2D eigenvalue weighted by atomic mass is 9.94. The summed E-state index contributed by atoms with van der Waals surface area (Å²) in [7, 11) is 0. The second-order valence-electron chi connectivity index (χ2n) is 4.81. The summed E-state index contributed by atoms with van der Waals surface area (Å²) in [6.45, 7) is 3.39. The van der Waals surface area contributed by atoms with E-state index in [0.29, 0.717) is 0 Å². The Morgan fingerprint density at radius 2 is 2.21 bits per heavy atom. The van der Waals surface area contributed by atoms with Crippen LogP contribution in [0.25, 0.3) is 0 Å². The molecule has 2 unspecified atom stereocenters. The van der Waals surface area contributed by atoms with Crippen molar-refractivity contribution in [2.24, 2.45) is 11.8 Å². The largest absolute Gasteiger partial charge is 0.314 e. The topological polar surface area (TPSA) is 12.0 Å². The SMILES string of the molecule is CCNC(CCC1CC1)C1CCSC1. The van der Waals surface area contributed by atoms with Gasteiger partial charge in [-0.1, -0.05) is 19.8 Å². The van der Waals surface area contributed by atoms with Crippen molar-refractivity contribution in [1.29, 1.82) is 0 Å². The first-order valence-electron chi connectivity index (χ1n) is 6.21. The highest BCUT2D eigenvalue weighted by molar-refractivity contribution is 7.99. The predicted molar refractivity (Wildman–Crippen MR) is 64.9 cm³/mol. The Balaban J connectivity index is 1.72. The van der Waals surface area contributed by atoms with E-state index in [1.807, 2.05) is 0 Å². The maximum Gasteiger partial charge on any atom is 0.0103 e. The highest BCUT2D eigenvalue weighted by Gasteiger charge is 2.27. The summed E-state index contributed by atoms with van der Waals surface area (Å²) in [6, 6.07) is 0.829. The summed E-state index contributed by atoms with van der Waals surface area (Å²) in [5, 5.41) is 3.69. The van der Waals surface area contributed by atoms with Gasteiger partial charge in [0.1, 0.15) is 0 Å². The van der Waals surface area contributed by atoms with Gasteiger partial charge in [0, 0.05) is 6.04 Å². The van der Waals surface area contributed by atoms with E-state index < -0.39 is 0 Å². The third kappa shape index (κ3) is 3.16. The third-order valence-corrected chi connectivity index (χ3v) is 4.77. The Morgan fingerprint density at radius 3 is 2.79 bits per heavy atom. The van der Waals surface area contributed by atoms with Crippen molar-refractivity contribution in [1.82, 2.24) is 5.32 Å². The van der Waals surface area contributed by atoms with Gasteiger partial charge in [0.15, 0.2) is 0 Å². The Morgan fingerprint density at radius 1 is 1.36 bits per heavy atom. The van der Waals surface area contributed by atoms with Gasteiger partial charge in [-0.05, 0) is 49.1 Å². The molecule has 2 rings (SSSR count). The molecule has 1 nitrogen and oxygen atoms in total. The van der Waals surface area contributed by atoms with E-state index in [0.717, 1.165) is 24.4 Å². The molecular formula is C12H23NS. The van der Waals surface area contributed by atoms with Gasteiger partial charge in [-0.3, -0.25) is 0 Å². The van der Waals surface area contributed by atoms with Gasteiger partial charge in [0.05, 0.1) is 0 Å². The van der Waals surface area contributed by atoms with Crippen LogP contribution in [0.2, 0.25) is 0 Å². The highest BCUT2D eigenvalue weighted by Crippen LogP contribution is 2.36. The Kier molecular flexibility index (Phi) is 4.18. The first kappa shape index (κ1) is 10.8. The van der Waals surface area contributed by atoms with Crippen LogP contribution in [0.5, 0.6) is 0 Å². The van der Waals surface area contributed by atoms with E-state index in [4.69, 9.17) is 0 Å². The number of nitrogens with one attached hydrogen (secondary N) is 1. The molecule has 1 saturated carbocycles. The molecule has 1 aliphatic carbocycles. The molecule has 0 spiro atoms. The van der Waals surface area contributed by atoms with Crippen molar-refractivity contribution in [3.63, 3.8) is 0 Å². The lowest BCUT2D eigenvalue weighted by molar-refractivity contribution is 0.355. The summed E-state index contributed by atoms with van der Waals surface area (Å²) in [6.07, 6.45) is 7.39. The van der Waals surface area contributed by atoms with Gasteiger partial charge >= 0.3 is 0 Å². The zero-order chi connectivity index (χ0) is 9.80. The van der Waals surface area contributed by atoms with Crippen LogP contribution in [0.15, 0.2) is 0 Å². The fourth-order valence-electron chi connectivity index (χ4n) is 2.46. The summed E-state index contributed by atoms with van der Waals surface area (Å²) in [4.78, 5) is 0. The maximum absolute atomic E-state index is 3.69. The molecule has 0 amide bonds. The smallest absolute Gasteiger partial charge is 0.0103 e. The van der Waals surface area contributed by atoms with Crippen LogP contribution >= 0.6 is 11.8 Å². The Hall–Kier alpha value is 0.310. The van der Waals surface area contributed by atoms with Crippen molar-refractivity contribution in [2.75, 3.05) is 18.1 Å². The summed E-state index contributed by atoms with van der Waals surface area (Å²) >= 11 is 2.15. The summed E-state index contributed by atoms with van der Waals surface area (Å²) in [5.74, 6) is 4.88. The van der Waals surface area contributed by atoms with Crippen LogP contribution in [0.1, 0.15) is 39.0 Å². The average molecular weight is 213 g/mol. The monoisotopic (exact) mass is 213 g/mol. The molecular weight excluding hydrogens is 190 g/mol. The van der Waals surface area contributed by atoms with E-state index in [1.165, 1.54) is 43.6 Å². The molecule has 2 aliphatic rings. The zero-order valence-corrected chi connectivity index (χ0v) is 10.1. The summed E-state index contributed by atoms with van der Waals surface area (Å²) in [5.41, 5.74) is 0. The van der Waals surface area contributed by atoms with E-state index >= 15 is 0 Å². The first-order valence-corrected chi connectivity index (χ1v) is 7.36. The molecule has 0 aromatic rings. The maximum atomic E-state index is 3.69. The number of rotatable bonds is 6. The van der Waals surface area contributed by atoms with E-state index in [2.05, 4.69) is 24.0 Å². The second kappa shape index (κ2) is 5.41. The zero-order valence-electron chi connectivity index (χ0n) is 9.30. The van der Waals surface area contributed by atoms with E-state index in [1.54, 1.807) is 0 Å². The standard InChI is InChI=1S/C12H23NS/c1-2-13-12(6-5-10-3-4-10)11-7-8-14-9-11/h10-13H,2-9H2,1H3. The van der Waals surface area contributed by atoms with Gasteiger partial charge in [-0.2, -0.15) is 11.8 Å². The molecule has 0 radical (unpaired) electrons. The predicted octanol–water partition coefficient (Wildman–Crippen LogP) is 2.91. The molecule has 1 N–H and O–H groups in total. The third-order valence-electron chi connectivity index (χ3n) is 3.58. The van der Waals surface area contributed by atoms with Gasteiger partial charge in [0.2, 0.25) is 0 Å². The van der Waals surface area contributed by atoms with Crippen LogP contribution in [-0.4, -0.2) is 24.1 Å². The van der Waals surface area contributed by atoms with Crippen LogP contribution in [0, 0.1) is 11.8 Å². The van der Waals surface area contributed by atoms with Gasteiger partial charge in [-0.15, -0.1) is 0 Å². The van der Waals surface area contributed by atoms with Crippen molar-refractivity contribution in [3.05, 3.63) is 0 Å². The molecule has 2 fully saturated rings. The number of hydrogen-bond donors (Lipinski definition) is 1. The average Bonchev–Trinajstić information content (AvgIpc) is 2.86. The molecule has 14 heavy (non-hydrogen) atoms. The van der Waals surface area contributed by atoms with Crippen LogP contribution in [0.4, 0.5) is 0 Å². The number of thioether (sulfide) groups is 1. The molecule has 1 aliphatic heterocycles. The fraction of sp³-hybridized carbons (Fsp3) is 1.00. The first-order chi connectivity index (χ1) is 6.90. The fourth-order valence-corrected chi connectivity index (χ4v) is 3.80. The van der Waals surface area contributed by atoms with Crippen molar-refractivity contribution >= 4 is 11.8 Å². The minimum Gasteiger partial charge on any atom is -0.314 e. The van der Waals surface area contributed by atoms with Crippen molar-refractivity contribution in [2.45, 2.75) is 45.1 Å². The van der Waals surface area contributed by atoms with Gasteiger partial charge < -0.3 is 5.32 Å². The quantitative estimate of drug-likeness (QED) is 0.728. The minimum atomic E-state index is 0.829. The molecule has 1 heterocycles. The molecule has 2 heteroatoms. The normalized spacial score (nSPS) is 29.4. The van der Waals surface area contributed by atoms with Crippen molar-refractivity contribution in [3.8, 4) is 0 Å².